The molecule has 2 fully saturated rings. The summed E-state index contributed by atoms with van der Waals surface area (Å²) in [5.74, 6) is 1.18. The highest BCUT2D eigenvalue weighted by molar-refractivity contribution is 7.90. The number of anilines is 2. The summed E-state index contributed by atoms with van der Waals surface area (Å²) in [5, 5.41) is -0.225. The molecule has 1 aromatic heterocycles. The molecule has 2 heterocycles. The molecule has 3 aliphatic rings. The molecule has 10 heteroatoms. The molecule has 2 unspecified atom stereocenters. The lowest BCUT2D eigenvalue weighted by atomic mass is 9.96. The van der Waals surface area contributed by atoms with Crippen molar-refractivity contribution in [2.24, 2.45) is 11.8 Å². The summed E-state index contributed by atoms with van der Waals surface area (Å²) >= 11 is 0. The number of amides is 1. The number of nitrogens with zero attached hydrogens (tertiary/aromatic N) is 4. The van der Waals surface area contributed by atoms with Gasteiger partial charge in [-0.2, -0.15) is 0 Å². The Morgan fingerprint density at radius 2 is 1.94 bits per heavy atom. The van der Waals surface area contributed by atoms with Gasteiger partial charge in [0, 0.05) is 37.9 Å². The fraction of sp³-hybridized carbons (Fsp3) is 0.560. The molecule has 3 atom stereocenters. The number of aromatic nitrogens is 2. The van der Waals surface area contributed by atoms with Crippen LogP contribution in [0.25, 0.3) is 11.1 Å². The van der Waals surface area contributed by atoms with Gasteiger partial charge in [-0.3, -0.25) is 4.90 Å². The number of halogens is 1. The topological polar surface area (TPSA) is 92.7 Å². The summed E-state index contributed by atoms with van der Waals surface area (Å²) < 4.78 is 45.3. The molecule has 0 radical (unpaired) electrons. The Labute approximate surface area is 205 Å². The number of carbonyl (C=O) groups excluding carboxylic acids is 1. The van der Waals surface area contributed by atoms with Gasteiger partial charge in [-0.15, -0.1) is 0 Å². The van der Waals surface area contributed by atoms with Crippen molar-refractivity contribution in [2.45, 2.75) is 63.8 Å². The maximum Gasteiger partial charge on any atom is 0.414 e. The van der Waals surface area contributed by atoms with Crippen LogP contribution in [0, 0.1) is 17.7 Å². The fourth-order valence-corrected chi connectivity index (χ4v) is 6.17. The normalized spacial score (nSPS) is 22.8. The average Bonchev–Trinajstić information content (AvgIpc) is 3.41. The first-order valence-electron chi connectivity index (χ1n) is 11.9. The lowest BCUT2D eigenvalue weighted by Crippen LogP contribution is -2.36. The van der Waals surface area contributed by atoms with Crippen molar-refractivity contribution >= 4 is 27.4 Å². The molecule has 8 nitrogen and oxygen atoms in total. The number of fused-ring (bicyclic) bond motifs is 5. The quantitative estimate of drug-likeness (QED) is 0.496. The first-order chi connectivity index (χ1) is 16.2. The monoisotopic (exact) mass is 502 g/mol. The molecular weight excluding hydrogens is 471 g/mol. The summed E-state index contributed by atoms with van der Waals surface area (Å²) in [7, 11) is -2.12. The Morgan fingerprint density at radius 1 is 1.23 bits per heavy atom. The van der Waals surface area contributed by atoms with Crippen LogP contribution in [0.4, 0.5) is 20.7 Å². The van der Waals surface area contributed by atoms with E-state index in [0.29, 0.717) is 45.7 Å². The van der Waals surface area contributed by atoms with Crippen molar-refractivity contribution in [2.75, 3.05) is 29.6 Å². The molecule has 2 aromatic rings. The lowest BCUT2D eigenvalue weighted by Gasteiger charge is -2.32. The van der Waals surface area contributed by atoms with E-state index >= 15 is 0 Å². The Morgan fingerprint density at radius 3 is 2.51 bits per heavy atom. The van der Waals surface area contributed by atoms with Gasteiger partial charge in [0.05, 0.1) is 11.4 Å². The molecule has 2 bridgehead atoms. The molecule has 1 saturated heterocycles. The van der Waals surface area contributed by atoms with Gasteiger partial charge in [-0.1, -0.05) is 6.92 Å². The van der Waals surface area contributed by atoms with E-state index in [9.17, 15) is 17.6 Å². The highest BCUT2D eigenvalue weighted by Crippen LogP contribution is 2.50. The second-order valence-electron chi connectivity index (χ2n) is 11.1. The summed E-state index contributed by atoms with van der Waals surface area (Å²) in [6.45, 7) is 8.34. The minimum Gasteiger partial charge on any atom is -0.443 e. The third-order valence-electron chi connectivity index (χ3n) is 7.28. The van der Waals surface area contributed by atoms with Gasteiger partial charge in [0.15, 0.2) is 0 Å². The zero-order valence-electron chi connectivity index (χ0n) is 20.9. The van der Waals surface area contributed by atoms with Gasteiger partial charge in [0.25, 0.3) is 0 Å². The number of hydrogen-bond acceptors (Lipinski definition) is 7. The van der Waals surface area contributed by atoms with Gasteiger partial charge in [-0.25, -0.2) is 27.6 Å². The summed E-state index contributed by atoms with van der Waals surface area (Å²) in [5.41, 5.74) is 2.15. The highest BCUT2D eigenvalue weighted by atomic mass is 32.2. The summed E-state index contributed by atoms with van der Waals surface area (Å²) in [6.07, 6.45) is 2.82. The predicted molar refractivity (Wildman–Crippen MR) is 131 cm³/mol. The van der Waals surface area contributed by atoms with E-state index in [0.717, 1.165) is 25.6 Å². The van der Waals surface area contributed by atoms with Crippen LogP contribution < -0.4 is 9.80 Å². The van der Waals surface area contributed by atoms with E-state index in [4.69, 9.17) is 4.74 Å². The van der Waals surface area contributed by atoms with E-state index in [2.05, 4.69) is 21.8 Å². The van der Waals surface area contributed by atoms with Crippen LogP contribution in [0.5, 0.6) is 0 Å². The van der Waals surface area contributed by atoms with Gasteiger partial charge in [0.2, 0.25) is 15.0 Å². The highest BCUT2D eigenvalue weighted by Gasteiger charge is 2.45. The average molecular weight is 503 g/mol. The minimum absolute atomic E-state index is 0.225. The molecule has 1 amide bonds. The number of rotatable bonds is 3. The molecular formula is C25H31FN4O4S. The number of benzene rings is 1. The Hall–Kier alpha value is -2.75. The van der Waals surface area contributed by atoms with Crippen molar-refractivity contribution in [3.8, 4) is 11.1 Å². The predicted octanol–water partition coefficient (Wildman–Crippen LogP) is 4.20. The molecule has 1 aliphatic heterocycles. The summed E-state index contributed by atoms with van der Waals surface area (Å²) in [6, 6.07) is 3.00. The van der Waals surface area contributed by atoms with Crippen LogP contribution in [0.1, 0.15) is 51.8 Å². The third kappa shape index (κ3) is 4.15. The zero-order chi connectivity index (χ0) is 25.4. The summed E-state index contributed by atoms with van der Waals surface area (Å²) in [4.78, 5) is 25.2. The van der Waals surface area contributed by atoms with Crippen molar-refractivity contribution in [3.05, 3.63) is 29.2 Å². The van der Waals surface area contributed by atoms with E-state index in [1.807, 2.05) is 0 Å². The van der Waals surface area contributed by atoms with Gasteiger partial charge in [0.1, 0.15) is 17.2 Å². The molecule has 0 spiro atoms. The molecule has 188 valence electrons. The molecule has 2 aliphatic carbocycles. The largest absolute Gasteiger partial charge is 0.443 e. The van der Waals surface area contributed by atoms with Crippen molar-refractivity contribution in [1.82, 2.24) is 9.97 Å². The fourth-order valence-electron chi connectivity index (χ4n) is 5.65. The first kappa shape index (κ1) is 24.0. The van der Waals surface area contributed by atoms with E-state index in [-0.39, 0.29) is 17.6 Å². The van der Waals surface area contributed by atoms with Crippen LogP contribution in [-0.2, 0) is 21.0 Å². The van der Waals surface area contributed by atoms with E-state index in [1.54, 1.807) is 27.8 Å². The van der Waals surface area contributed by atoms with Crippen molar-refractivity contribution < 1.29 is 22.3 Å². The standard InChI is InChI=1S/C25H31FN4O4S/c1-13-7-16-8-14(13)12-30(16)22-21-18-9-15(26)10-20(29(5)24(31)34-25(2,3)4)17(18)11-19(21)27-23(28-22)35(6,32)33/h9-10,13-14,16H,7-8,11-12H2,1-6H3/t13-,14?,16?/m1/s1. The Balaban J connectivity index is 1.65. The second-order valence-corrected chi connectivity index (χ2v) is 13.0. The number of piperidine rings is 1. The van der Waals surface area contributed by atoms with Crippen LogP contribution >= 0.6 is 0 Å². The van der Waals surface area contributed by atoms with Crippen LogP contribution in [0.15, 0.2) is 17.3 Å². The Kier molecular flexibility index (Phi) is 5.39. The number of sulfone groups is 1. The maximum absolute atomic E-state index is 14.9. The van der Waals surface area contributed by atoms with Gasteiger partial charge < -0.3 is 9.64 Å². The third-order valence-corrected chi connectivity index (χ3v) is 8.12. The molecule has 0 N–H and O–H groups in total. The lowest BCUT2D eigenvalue weighted by molar-refractivity contribution is 0.0589. The van der Waals surface area contributed by atoms with Gasteiger partial charge >= 0.3 is 6.09 Å². The Bertz CT molecular complexity index is 1340. The molecule has 1 aromatic carbocycles. The number of carbonyl (C=O) groups is 1. The van der Waals surface area contributed by atoms with Crippen molar-refractivity contribution in [3.63, 3.8) is 0 Å². The van der Waals surface area contributed by atoms with Crippen molar-refractivity contribution in [1.29, 1.82) is 0 Å². The van der Waals surface area contributed by atoms with Crippen LogP contribution in [-0.4, -0.2) is 56.0 Å². The number of hydrogen-bond donors (Lipinski definition) is 0. The number of ether oxygens (including phenoxy) is 1. The second kappa shape index (κ2) is 7.88. The van der Waals surface area contributed by atoms with E-state index < -0.39 is 27.3 Å². The minimum atomic E-state index is -3.66. The van der Waals surface area contributed by atoms with Gasteiger partial charge in [-0.05, 0) is 68.7 Å². The molecule has 1 saturated carbocycles. The smallest absolute Gasteiger partial charge is 0.414 e. The zero-order valence-corrected chi connectivity index (χ0v) is 21.7. The molecule has 35 heavy (non-hydrogen) atoms. The molecule has 5 rings (SSSR count). The van der Waals surface area contributed by atoms with Crippen LogP contribution in [0.3, 0.4) is 0 Å². The van der Waals surface area contributed by atoms with E-state index in [1.165, 1.54) is 17.0 Å². The first-order valence-corrected chi connectivity index (χ1v) is 13.8. The SMILES string of the molecule is C[C@@H]1CC2CC1CN2c1nc(S(C)(=O)=O)nc2c1-c1cc(F)cc(N(C)C(=O)OC(C)(C)C)c1C2. The van der Waals surface area contributed by atoms with Crippen LogP contribution in [0.2, 0.25) is 0 Å². The maximum atomic E-state index is 14.9.